The van der Waals surface area contributed by atoms with Crippen LogP contribution in [0.2, 0.25) is 0 Å². The number of anilines is 2. The van der Waals surface area contributed by atoms with Crippen molar-refractivity contribution in [3.05, 3.63) is 66.0 Å². The molecule has 0 aliphatic carbocycles. The maximum atomic E-state index is 11.3. The van der Waals surface area contributed by atoms with Crippen molar-refractivity contribution in [3.63, 3.8) is 0 Å². The first-order valence-corrected chi connectivity index (χ1v) is 8.48. The van der Waals surface area contributed by atoms with Crippen LogP contribution < -0.4 is 11.1 Å². The number of aromatic nitrogens is 5. The summed E-state index contributed by atoms with van der Waals surface area (Å²) in [5.41, 5.74) is 9.12. The fraction of sp³-hybridized carbons (Fsp3) is 0.0526. The second kappa shape index (κ2) is 7.24. The summed E-state index contributed by atoms with van der Waals surface area (Å²) in [7, 11) is 0. The van der Waals surface area contributed by atoms with Gasteiger partial charge in [0.25, 0.3) is 0 Å². The molecule has 4 N–H and O–H groups in total. The van der Waals surface area contributed by atoms with Crippen LogP contribution in [0.25, 0.3) is 16.6 Å². The highest BCUT2D eigenvalue weighted by atomic mass is 16.4. The monoisotopic (exact) mass is 386 g/mol. The lowest BCUT2D eigenvalue weighted by molar-refractivity contribution is 0.0691. The van der Waals surface area contributed by atoms with E-state index in [0.29, 0.717) is 12.4 Å². The molecule has 0 radical (unpaired) electrons. The van der Waals surface area contributed by atoms with Gasteiger partial charge in [0.2, 0.25) is 0 Å². The predicted molar refractivity (Wildman–Crippen MR) is 104 cm³/mol. The van der Waals surface area contributed by atoms with E-state index in [1.807, 2.05) is 36.5 Å². The van der Waals surface area contributed by atoms with E-state index >= 15 is 0 Å². The summed E-state index contributed by atoms with van der Waals surface area (Å²) in [4.78, 5) is 23.1. The number of carboxylic acid groups (broad SMARTS) is 1. The van der Waals surface area contributed by atoms with Crippen molar-refractivity contribution < 1.29 is 9.90 Å². The Labute approximate surface area is 164 Å². The molecule has 1 aromatic carbocycles. The van der Waals surface area contributed by atoms with Gasteiger partial charge in [-0.15, -0.1) is 0 Å². The summed E-state index contributed by atoms with van der Waals surface area (Å²) in [5, 5.41) is 25.2. The van der Waals surface area contributed by atoms with E-state index in [4.69, 9.17) is 11.0 Å². The highest BCUT2D eigenvalue weighted by Crippen LogP contribution is 2.28. The molecule has 0 atom stereocenters. The zero-order valence-electron chi connectivity index (χ0n) is 14.9. The number of rotatable bonds is 5. The van der Waals surface area contributed by atoms with Crippen LogP contribution >= 0.6 is 0 Å². The van der Waals surface area contributed by atoms with Crippen molar-refractivity contribution in [1.29, 1.82) is 5.26 Å². The predicted octanol–water partition coefficient (Wildman–Crippen LogP) is 1.95. The summed E-state index contributed by atoms with van der Waals surface area (Å²) in [6.07, 6.45) is 4.44. The van der Waals surface area contributed by atoms with Crippen molar-refractivity contribution >= 4 is 23.1 Å². The molecular formula is C19H14N8O2. The third kappa shape index (κ3) is 3.40. The normalized spacial score (nSPS) is 10.6. The Balaban J connectivity index is 1.55. The number of fused-ring (bicyclic) bond motifs is 1. The molecule has 29 heavy (non-hydrogen) atoms. The lowest BCUT2D eigenvalue weighted by Crippen LogP contribution is -2.11. The summed E-state index contributed by atoms with van der Waals surface area (Å²) in [5.74, 6) is -0.761. The number of nitrogens with one attached hydrogen (secondary N) is 1. The smallest absolute Gasteiger partial charge is 0.358 e. The lowest BCUT2D eigenvalue weighted by Gasteiger charge is -2.09. The van der Waals surface area contributed by atoms with Gasteiger partial charge >= 0.3 is 5.97 Å². The first-order valence-electron chi connectivity index (χ1n) is 8.48. The zero-order chi connectivity index (χ0) is 20.4. The lowest BCUT2D eigenvalue weighted by atomic mass is 10.1. The molecule has 0 fully saturated rings. The third-order valence-corrected chi connectivity index (χ3v) is 4.30. The fourth-order valence-electron chi connectivity index (χ4n) is 2.92. The van der Waals surface area contributed by atoms with Crippen molar-refractivity contribution in [3.8, 4) is 17.2 Å². The Bertz CT molecular complexity index is 1260. The second-order valence-corrected chi connectivity index (χ2v) is 6.09. The van der Waals surface area contributed by atoms with Crippen LogP contribution in [0, 0.1) is 11.3 Å². The average Bonchev–Trinajstić information content (AvgIpc) is 3.18. The Hall–Kier alpha value is -4.52. The second-order valence-electron chi connectivity index (χ2n) is 6.09. The third-order valence-electron chi connectivity index (χ3n) is 4.30. The van der Waals surface area contributed by atoms with Crippen molar-refractivity contribution in [2.75, 3.05) is 11.1 Å². The number of nitriles is 1. The molecule has 0 amide bonds. The number of nitrogen functional groups attached to an aromatic ring is 1. The van der Waals surface area contributed by atoms with Crippen molar-refractivity contribution in [2.45, 2.75) is 6.54 Å². The molecule has 142 valence electrons. The van der Waals surface area contributed by atoms with Gasteiger partial charge in [0, 0.05) is 18.3 Å². The van der Waals surface area contributed by atoms with E-state index in [2.05, 4.69) is 25.4 Å². The van der Waals surface area contributed by atoms with Gasteiger partial charge in [0.05, 0.1) is 6.20 Å². The van der Waals surface area contributed by atoms with E-state index < -0.39 is 5.97 Å². The largest absolute Gasteiger partial charge is 0.476 e. The van der Waals surface area contributed by atoms with Gasteiger partial charge in [0.15, 0.2) is 23.0 Å². The van der Waals surface area contributed by atoms with E-state index in [0.717, 1.165) is 22.2 Å². The topological polar surface area (TPSA) is 155 Å². The van der Waals surface area contributed by atoms with Gasteiger partial charge in [0.1, 0.15) is 17.9 Å². The number of nitrogens with zero attached hydrogens (tertiary/aromatic N) is 6. The number of hydrogen-bond donors (Lipinski definition) is 3. The molecule has 4 aromatic rings. The molecule has 3 aromatic heterocycles. The maximum absolute atomic E-state index is 11.3. The highest BCUT2D eigenvalue weighted by molar-refractivity contribution is 5.91. The number of benzene rings is 1. The van der Waals surface area contributed by atoms with Crippen LogP contribution in [-0.2, 0) is 6.54 Å². The van der Waals surface area contributed by atoms with Gasteiger partial charge in [-0.3, -0.25) is 0 Å². The number of aromatic carboxylic acids is 1. The van der Waals surface area contributed by atoms with Gasteiger partial charge in [-0.2, -0.15) is 10.4 Å². The zero-order valence-corrected chi connectivity index (χ0v) is 14.9. The molecular weight excluding hydrogens is 372 g/mol. The quantitative estimate of drug-likeness (QED) is 0.466. The van der Waals surface area contributed by atoms with Crippen LogP contribution in [0.3, 0.4) is 0 Å². The van der Waals surface area contributed by atoms with Crippen molar-refractivity contribution in [1.82, 2.24) is 24.6 Å². The van der Waals surface area contributed by atoms with E-state index in [1.165, 1.54) is 12.5 Å². The fourth-order valence-corrected chi connectivity index (χ4v) is 2.92. The summed E-state index contributed by atoms with van der Waals surface area (Å²) in [6, 6.07) is 11.4. The van der Waals surface area contributed by atoms with Crippen molar-refractivity contribution in [2.24, 2.45) is 0 Å². The van der Waals surface area contributed by atoms with Crippen LogP contribution in [0.4, 0.5) is 11.6 Å². The molecule has 0 aliphatic rings. The van der Waals surface area contributed by atoms with Gasteiger partial charge in [-0.25, -0.2) is 24.3 Å². The minimum absolute atomic E-state index is 0.0552. The molecule has 10 nitrogen and oxygen atoms in total. The summed E-state index contributed by atoms with van der Waals surface area (Å²) >= 11 is 0. The molecule has 0 aliphatic heterocycles. The number of carbonyl (C=O) groups is 1. The first-order chi connectivity index (χ1) is 14.1. The van der Waals surface area contributed by atoms with Gasteiger partial charge in [-0.05, 0) is 17.2 Å². The molecule has 0 bridgehead atoms. The Morgan fingerprint density at radius 2 is 2.03 bits per heavy atom. The molecule has 4 rings (SSSR count). The first kappa shape index (κ1) is 17.9. The van der Waals surface area contributed by atoms with Crippen LogP contribution in [-0.4, -0.2) is 35.6 Å². The summed E-state index contributed by atoms with van der Waals surface area (Å²) < 4.78 is 1.67. The number of carboxylic acids is 1. The molecule has 0 saturated carbocycles. The SMILES string of the molecule is N#Cc1cnc(NCc2ccc(-c3ccn4ncnc(N)c34)cc2)c(C(=O)O)n1. The Morgan fingerprint density at radius 1 is 1.24 bits per heavy atom. The summed E-state index contributed by atoms with van der Waals surface area (Å²) in [6.45, 7) is 0.336. The van der Waals surface area contributed by atoms with E-state index in [9.17, 15) is 9.90 Å². The minimum Gasteiger partial charge on any atom is -0.476 e. The molecule has 0 spiro atoms. The Kier molecular flexibility index (Phi) is 4.46. The Morgan fingerprint density at radius 3 is 2.76 bits per heavy atom. The van der Waals surface area contributed by atoms with Gasteiger partial charge in [-0.1, -0.05) is 24.3 Å². The van der Waals surface area contributed by atoms with E-state index in [1.54, 1.807) is 10.6 Å². The molecule has 10 heteroatoms. The molecule has 0 unspecified atom stereocenters. The van der Waals surface area contributed by atoms with Crippen LogP contribution in [0.1, 0.15) is 21.7 Å². The van der Waals surface area contributed by atoms with Crippen LogP contribution in [0.5, 0.6) is 0 Å². The number of nitrogens with two attached hydrogens (primary N) is 1. The minimum atomic E-state index is -1.26. The van der Waals surface area contributed by atoms with E-state index in [-0.39, 0.29) is 17.2 Å². The average molecular weight is 386 g/mol. The molecule has 3 heterocycles. The van der Waals surface area contributed by atoms with Crippen LogP contribution in [0.15, 0.2) is 49.1 Å². The highest BCUT2D eigenvalue weighted by Gasteiger charge is 2.15. The maximum Gasteiger partial charge on any atom is 0.358 e. The molecule has 0 saturated heterocycles. The van der Waals surface area contributed by atoms with Gasteiger partial charge < -0.3 is 16.2 Å². The number of hydrogen-bond acceptors (Lipinski definition) is 8. The standard InChI is InChI=1S/C19H14N8O2/c20-7-13-9-23-18(15(26-13)19(28)29)22-8-11-1-3-12(4-2-11)14-5-6-27-16(14)17(21)24-10-25-27/h1-6,9-10H,8H2,(H,22,23)(H,28,29)(H2,21,24,25).